The van der Waals surface area contributed by atoms with Crippen molar-refractivity contribution < 1.29 is 9.90 Å². The minimum atomic E-state index is 0.0830. The van der Waals surface area contributed by atoms with Crippen molar-refractivity contribution in [3.05, 3.63) is 0 Å². The Hall–Kier alpha value is -0.410. The molecular formula is C12H23NO2. The molecule has 0 bridgehead atoms. The van der Waals surface area contributed by atoms with Crippen LogP contribution in [0.5, 0.6) is 0 Å². The van der Waals surface area contributed by atoms with Gasteiger partial charge in [0.2, 0.25) is 0 Å². The Balaban J connectivity index is 2.57. The third-order valence-electron chi connectivity index (χ3n) is 3.11. The number of hydrogen-bond donors (Lipinski definition) is 1. The minimum absolute atomic E-state index is 0.0830. The Morgan fingerprint density at radius 1 is 1.33 bits per heavy atom. The molecule has 1 atom stereocenters. The molecule has 0 spiro atoms. The molecule has 0 heterocycles. The predicted molar refractivity (Wildman–Crippen MR) is 60.8 cm³/mol. The summed E-state index contributed by atoms with van der Waals surface area (Å²) in [5.41, 5.74) is 0. The van der Waals surface area contributed by atoms with E-state index in [2.05, 4.69) is 11.8 Å². The number of hydrogen-bond acceptors (Lipinski definition) is 3. The zero-order chi connectivity index (χ0) is 11.1. The second kappa shape index (κ2) is 6.96. The van der Waals surface area contributed by atoms with Gasteiger partial charge in [-0.3, -0.25) is 9.69 Å². The van der Waals surface area contributed by atoms with Crippen LogP contribution in [-0.2, 0) is 4.79 Å². The molecule has 0 aliphatic heterocycles. The number of nitrogens with zero attached hydrogens (tertiary/aromatic N) is 1. The summed E-state index contributed by atoms with van der Waals surface area (Å²) in [6, 6.07) is 0.0830. The average Bonchev–Trinajstić information content (AvgIpc) is 2.43. The molecule has 15 heavy (non-hydrogen) atoms. The van der Waals surface area contributed by atoms with Gasteiger partial charge in [-0.15, -0.1) is 0 Å². The van der Waals surface area contributed by atoms with Crippen LogP contribution in [-0.4, -0.2) is 41.5 Å². The first kappa shape index (κ1) is 12.7. The average molecular weight is 213 g/mol. The standard InChI is InChI=1S/C12H23NO2/c1-2-8-13(9-10-14)11-6-4-3-5-7-12(11)15/h11,14H,2-10H2,1H3. The number of rotatable bonds is 5. The van der Waals surface area contributed by atoms with Gasteiger partial charge < -0.3 is 5.11 Å². The number of aliphatic hydroxyl groups excluding tert-OH is 1. The van der Waals surface area contributed by atoms with Gasteiger partial charge in [0.1, 0.15) is 5.78 Å². The van der Waals surface area contributed by atoms with Crippen molar-refractivity contribution in [2.75, 3.05) is 19.7 Å². The first-order chi connectivity index (χ1) is 7.29. The van der Waals surface area contributed by atoms with Crippen molar-refractivity contribution in [1.29, 1.82) is 0 Å². The second-order valence-electron chi connectivity index (χ2n) is 4.34. The lowest BCUT2D eigenvalue weighted by atomic mass is 10.1. The molecule has 0 amide bonds. The topological polar surface area (TPSA) is 40.5 Å². The highest BCUT2D eigenvalue weighted by molar-refractivity contribution is 5.84. The highest BCUT2D eigenvalue weighted by atomic mass is 16.3. The number of aliphatic hydroxyl groups is 1. The molecule has 3 nitrogen and oxygen atoms in total. The minimum Gasteiger partial charge on any atom is -0.395 e. The van der Waals surface area contributed by atoms with Gasteiger partial charge in [-0.05, 0) is 25.8 Å². The molecule has 1 rings (SSSR count). The van der Waals surface area contributed by atoms with E-state index in [1.165, 1.54) is 6.42 Å². The van der Waals surface area contributed by atoms with Gasteiger partial charge in [0, 0.05) is 13.0 Å². The molecule has 88 valence electrons. The van der Waals surface area contributed by atoms with Crippen LogP contribution in [0.4, 0.5) is 0 Å². The fraction of sp³-hybridized carbons (Fsp3) is 0.917. The Morgan fingerprint density at radius 2 is 2.13 bits per heavy atom. The molecule has 0 aromatic heterocycles. The van der Waals surface area contributed by atoms with Crippen molar-refractivity contribution in [2.24, 2.45) is 0 Å². The molecular weight excluding hydrogens is 190 g/mol. The van der Waals surface area contributed by atoms with Gasteiger partial charge in [-0.1, -0.05) is 19.8 Å². The smallest absolute Gasteiger partial charge is 0.149 e. The molecule has 1 fully saturated rings. The van der Waals surface area contributed by atoms with Crippen LogP contribution in [0, 0.1) is 0 Å². The summed E-state index contributed by atoms with van der Waals surface area (Å²) in [6.45, 7) is 3.84. The van der Waals surface area contributed by atoms with Gasteiger partial charge in [-0.2, -0.15) is 0 Å². The van der Waals surface area contributed by atoms with Crippen LogP contribution in [0.15, 0.2) is 0 Å². The number of carbonyl (C=O) groups excluding carboxylic acids is 1. The zero-order valence-electron chi connectivity index (χ0n) is 9.74. The van der Waals surface area contributed by atoms with E-state index in [0.29, 0.717) is 12.3 Å². The van der Waals surface area contributed by atoms with E-state index in [9.17, 15) is 4.79 Å². The van der Waals surface area contributed by atoms with Gasteiger partial charge >= 0.3 is 0 Å². The molecule has 3 heteroatoms. The van der Waals surface area contributed by atoms with E-state index in [-0.39, 0.29) is 12.6 Å². The number of carbonyl (C=O) groups is 1. The zero-order valence-corrected chi connectivity index (χ0v) is 9.74. The Labute approximate surface area is 92.5 Å². The molecule has 0 aromatic rings. The molecule has 0 saturated heterocycles. The van der Waals surface area contributed by atoms with Gasteiger partial charge in [0.15, 0.2) is 0 Å². The predicted octanol–water partition coefficient (Wildman–Crippen LogP) is 1.59. The Bertz CT molecular complexity index is 188. The summed E-state index contributed by atoms with van der Waals surface area (Å²) in [4.78, 5) is 14.0. The Kier molecular flexibility index (Phi) is 5.88. The monoisotopic (exact) mass is 213 g/mol. The SMILES string of the molecule is CCCN(CCO)C1CCCCCC1=O. The van der Waals surface area contributed by atoms with E-state index in [1.54, 1.807) is 0 Å². The van der Waals surface area contributed by atoms with Crippen LogP contribution in [0.3, 0.4) is 0 Å². The van der Waals surface area contributed by atoms with Crippen LogP contribution < -0.4 is 0 Å². The lowest BCUT2D eigenvalue weighted by Crippen LogP contribution is -2.42. The third-order valence-corrected chi connectivity index (χ3v) is 3.11. The number of Topliss-reactive ketones (excluding diaryl/α,β-unsaturated/α-hetero) is 1. The molecule has 1 unspecified atom stereocenters. The Morgan fingerprint density at radius 3 is 2.80 bits per heavy atom. The number of ketones is 1. The molecule has 1 aliphatic rings. The summed E-state index contributed by atoms with van der Waals surface area (Å²) in [5.74, 6) is 0.384. The normalized spacial score (nSPS) is 23.1. The summed E-state index contributed by atoms with van der Waals surface area (Å²) < 4.78 is 0. The fourth-order valence-corrected chi connectivity index (χ4v) is 2.37. The quantitative estimate of drug-likeness (QED) is 0.705. The largest absolute Gasteiger partial charge is 0.395 e. The van der Waals surface area contributed by atoms with Crippen molar-refractivity contribution in [2.45, 2.75) is 51.5 Å². The molecule has 1 saturated carbocycles. The van der Waals surface area contributed by atoms with Gasteiger partial charge in [-0.25, -0.2) is 0 Å². The van der Waals surface area contributed by atoms with E-state index < -0.39 is 0 Å². The second-order valence-corrected chi connectivity index (χ2v) is 4.34. The van der Waals surface area contributed by atoms with Crippen LogP contribution in [0.2, 0.25) is 0 Å². The maximum absolute atomic E-state index is 11.9. The van der Waals surface area contributed by atoms with E-state index in [4.69, 9.17) is 5.11 Å². The van der Waals surface area contributed by atoms with E-state index >= 15 is 0 Å². The first-order valence-corrected chi connectivity index (χ1v) is 6.17. The highest BCUT2D eigenvalue weighted by Gasteiger charge is 2.25. The molecule has 1 N–H and O–H groups in total. The lowest BCUT2D eigenvalue weighted by molar-refractivity contribution is -0.124. The summed E-state index contributed by atoms with van der Waals surface area (Å²) >= 11 is 0. The van der Waals surface area contributed by atoms with Gasteiger partial charge in [0.25, 0.3) is 0 Å². The maximum atomic E-state index is 11.9. The summed E-state index contributed by atoms with van der Waals surface area (Å²) in [7, 11) is 0. The summed E-state index contributed by atoms with van der Waals surface area (Å²) in [6.07, 6.45) is 6.15. The van der Waals surface area contributed by atoms with Crippen LogP contribution in [0.1, 0.15) is 45.4 Å². The van der Waals surface area contributed by atoms with Crippen molar-refractivity contribution >= 4 is 5.78 Å². The van der Waals surface area contributed by atoms with Crippen LogP contribution in [0.25, 0.3) is 0 Å². The van der Waals surface area contributed by atoms with E-state index in [1.807, 2.05) is 0 Å². The third kappa shape index (κ3) is 3.92. The lowest BCUT2D eigenvalue weighted by Gasteiger charge is -2.28. The molecule has 0 aromatic carbocycles. The molecule has 1 aliphatic carbocycles. The van der Waals surface area contributed by atoms with Crippen molar-refractivity contribution in [1.82, 2.24) is 4.90 Å². The van der Waals surface area contributed by atoms with Crippen molar-refractivity contribution in [3.63, 3.8) is 0 Å². The maximum Gasteiger partial charge on any atom is 0.149 e. The summed E-state index contributed by atoms with van der Waals surface area (Å²) in [5, 5.41) is 9.00. The van der Waals surface area contributed by atoms with Crippen molar-refractivity contribution in [3.8, 4) is 0 Å². The van der Waals surface area contributed by atoms with Crippen LogP contribution >= 0.6 is 0 Å². The molecule has 0 radical (unpaired) electrons. The highest BCUT2D eigenvalue weighted by Crippen LogP contribution is 2.19. The van der Waals surface area contributed by atoms with E-state index in [0.717, 1.165) is 38.6 Å². The fourth-order valence-electron chi connectivity index (χ4n) is 2.37. The van der Waals surface area contributed by atoms with Gasteiger partial charge in [0.05, 0.1) is 12.6 Å². The first-order valence-electron chi connectivity index (χ1n) is 6.17.